The maximum Gasteiger partial charge on any atom is 0.0311 e. The first kappa shape index (κ1) is 13.1. The number of rotatable bonds is 5. The van der Waals surface area contributed by atoms with Gasteiger partial charge < -0.3 is 5.73 Å². The number of nitrogens with two attached hydrogens (primary N) is 1. The first-order valence-electron chi connectivity index (χ1n) is 5.28. The maximum absolute atomic E-state index is 6.09. The molecular formula is C12H18BrNS. The molecule has 0 heterocycles. The van der Waals surface area contributed by atoms with Crippen LogP contribution in [-0.4, -0.2) is 11.8 Å². The summed E-state index contributed by atoms with van der Waals surface area (Å²) in [5, 5.41) is 0. The molecule has 0 amide bonds. The molecule has 2 N–H and O–H groups in total. The van der Waals surface area contributed by atoms with Gasteiger partial charge in [0.1, 0.15) is 0 Å². The largest absolute Gasteiger partial charge is 0.327 e. The van der Waals surface area contributed by atoms with Gasteiger partial charge in [-0.1, -0.05) is 32.4 Å². The van der Waals surface area contributed by atoms with E-state index in [0.717, 1.165) is 16.6 Å². The Kier molecular flexibility index (Phi) is 5.72. The summed E-state index contributed by atoms with van der Waals surface area (Å²) in [4.78, 5) is 1.27. The molecule has 2 unspecified atom stereocenters. The van der Waals surface area contributed by atoms with Gasteiger partial charge in [0.05, 0.1) is 0 Å². The van der Waals surface area contributed by atoms with E-state index >= 15 is 0 Å². The van der Waals surface area contributed by atoms with Crippen LogP contribution in [0.5, 0.6) is 0 Å². The van der Waals surface area contributed by atoms with Crippen molar-refractivity contribution in [1.29, 1.82) is 0 Å². The van der Waals surface area contributed by atoms with Gasteiger partial charge in [-0.05, 0) is 34.0 Å². The van der Waals surface area contributed by atoms with E-state index < -0.39 is 0 Å². The second-order valence-corrected chi connectivity index (χ2v) is 5.71. The van der Waals surface area contributed by atoms with Crippen LogP contribution in [0.3, 0.4) is 0 Å². The van der Waals surface area contributed by atoms with Crippen molar-refractivity contribution in [1.82, 2.24) is 0 Å². The zero-order valence-corrected chi connectivity index (χ0v) is 11.6. The molecule has 1 nitrogen and oxygen atoms in total. The third kappa shape index (κ3) is 4.17. The molecule has 0 spiro atoms. The molecule has 0 aliphatic carbocycles. The van der Waals surface area contributed by atoms with Crippen molar-refractivity contribution in [3.63, 3.8) is 0 Å². The van der Waals surface area contributed by atoms with Crippen LogP contribution in [-0.2, 0) is 0 Å². The summed E-state index contributed by atoms with van der Waals surface area (Å²) >= 11 is 5.37. The van der Waals surface area contributed by atoms with Gasteiger partial charge in [-0.15, -0.1) is 11.8 Å². The molecule has 3 heteroatoms. The quantitative estimate of drug-likeness (QED) is 0.831. The van der Waals surface area contributed by atoms with E-state index in [0.29, 0.717) is 5.92 Å². The normalized spacial score (nSPS) is 14.9. The molecule has 0 fully saturated rings. The van der Waals surface area contributed by atoms with Crippen LogP contribution in [0.4, 0.5) is 0 Å². The molecule has 0 saturated heterocycles. The van der Waals surface area contributed by atoms with E-state index in [1.165, 1.54) is 4.90 Å². The van der Waals surface area contributed by atoms with E-state index in [1.807, 2.05) is 17.8 Å². The first-order chi connectivity index (χ1) is 7.15. The van der Waals surface area contributed by atoms with Crippen molar-refractivity contribution in [2.75, 3.05) is 5.75 Å². The average molecular weight is 288 g/mol. The van der Waals surface area contributed by atoms with Crippen LogP contribution in [0.2, 0.25) is 0 Å². The molecule has 0 bridgehead atoms. The topological polar surface area (TPSA) is 26.0 Å². The molecule has 0 aliphatic heterocycles. The molecular weight excluding hydrogens is 270 g/mol. The molecule has 2 atom stereocenters. The van der Waals surface area contributed by atoms with Gasteiger partial charge in [0.2, 0.25) is 0 Å². The van der Waals surface area contributed by atoms with Gasteiger partial charge in [-0.2, -0.15) is 0 Å². The Morgan fingerprint density at radius 1 is 1.40 bits per heavy atom. The molecule has 84 valence electrons. The second kappa shape index (κ2) is 6.56. The molecule has 15 heavy (non-hydrogen) atoms. The van der Waals surface area contributed by atoms with E-state index in [4.69, 9.17) is 5.73 Å². The number of benzene rings is 1. The highest BCUT2D eigenvalue weighted by Crippen LogP contribution is 2.28. The van der Waals surface area contributed by atoms with E-state index in [9.17, 15) is 0 Å². The van der Waals surface area contributed by atoms with Crippen LogP contribution < -0.4 is 5.73 Å². The predicted molar refractivity (Wildman–Crippen MR) is 72.3 cm³/mol. The first-order valence-corrected chi connectivity index (χ1v) is 7.06. The Bertz CT molecular complexity index is 303. The van der Waals surface area contributed by atoms with Gasteiger partial charge in [0.25, 0.3) is 0 Å². The van der Waals surface area contributed by atoms with Crippen LogP contribution in [0.1, 0.15) is 20.3 Å². The van der Waals surface area contributed by atoms with Crippen LogP contribution in [0, 0.1) is 5.92 Å². The summed E-state index contributed by atoms with van der Waals surface area (Å²) in [7, 11) is 0. The van der Waals surface area contributed by atoms with Crippen LogP contribution >= 0.6 is 27.7 Å². The smallest absolute Gasteiger partial charge is 0.0311 e. The third-order valence-corrected chi connectivity index (χ3v) is 4.82. The Morgan fingerprint density at radius 2 is 2.07 bits per heavy atom. The highest BCUT2D eigenvalue weighted by Gasteiger charge is 2.11. The minimum Gasteiger partial charge on any atom is -0.327 e. The van der Waals surface area contributed by atoms with Gasteiger partial charge >= 0.3 is 0 Å². The standard InChI is InChI=1S/C12H18BrNS/c1-3-9(2)11(14)8-15-12-7-5-4-6-10(12)13/h4-7,9,11H,3,8,14H2,1-2H3. The molecule has 0 saturated carbocycles. The fourth-order valence-corrected chi connectivity index (χ4v) is 2.92. The van der Waals surface area contributed by atoms with Gasteiger partial charge in [0, 0.05) is 21.2 Å². The van der Waals surface area contributed by atoms with Crippen molar-refractivity contribution in [3.8, 4) is 0 Å². The van der Waals surface area contributed by atoms with E-state index in [2.05, 4.69) is 48.0 Å². The molecule has 1 aromatic carbocycles. The summed E-state index contributed by atoms with van der Waals surface area (Å²) in [6.45, 7) is 4.40. The lowest BCUT2D eigenvalue weighted by Crippen LogP contribution is -2.30. The fraction of sp³-hybridized carbons (Fsp3) is 0.500. The minimum atomic E-state index is 0.284. The maximum atomic E-state index is 6.09. The van der Waals surface area contributed by atoms with Crippen molar-refractivity contribution in [2.45, 2.75) is 31.2 Å². The number of halogens is 1. The lowest BCUT2D eigenvalue weighted by molar-refractivity contribution is 0.475. The Morgan fingerprint density at radius 3 is 2.67 bits per heavy atom. The molecule has 0 aromatic heterocycles. The van der Waals surface area contributed by atoms with Gasteiger partial charge in [-0.25, -0.2) is 0 Å². The minimum absolute atomic E-state index is 0.284. The van der Waals surface area contributed by atoms with E-state index in [-0.39, 0.29) is 6.04 Å². The van der Waals surface area contributed by atoms with Crippen molar-refractivity contribution in [2.24, 2.45) is 11.7 Å². The summed E-state index contributed by atoms with van der Waals surface area (Å²) in [5.74, 6) is 1.58. The van der Waals surface area contributed by atoms with Gasteiger partial charge in [0.15, 0.2) is 0 Å². The Labute approximate surface area is 105 Å². The number of hydrogen-bond donors (Lipinski definition) is 1. The fourth-order valence-electron chi connectivity index (χ4n) is 1.21. The zero-order valence-electron chi connectivity index (χ0n) is 9.24. The molecule has 0 radical (unpaired) electrons. The van der Waals surface area contributed by atoms with Crippen LogP contribution in [0.25, 0.3) is 0 Å². The Hall–Kier alpha value is 0.01000. The SMILES string of the molecule is CCC(C)C(N)CSc1ccccc1Br. The van der Waals surface area contributed by atoms with Crippen molar-refractivity contribution in [3.05, 3.63) is 28.7 Å². The average Bonchev–Trinajstić information content (AvgIpc) is 2.26. The van der Waals surface area contributed by atoms with E-state index in [1.54, 1.807) is 0 Å². The lowest BCUT2D eigenvalue weighted by atomic mass is 10.0. The van der Waals surface area contributed by atoms with Crippen molar-refractivity contribution < 1.29 is 0 Å². The molecule has 1 rings (SSSR count). The number of thioether (sulfide) groups is 1. The highest BCUT2D eigenvalue weighted by molar-refractivity contribution is 9.10. The third-order valence-electron chi connectivity index (χ3n) is 2.64. The van der Waals surface area contributed by atoms with Crippen LogP contribution in [0.15, 0.2) is 33.6 Å². The summed E-state index contributed by atoms with van der Waals surface area (Å²) in [5.41, 5.74) is 6.09. The predicted octanol–water partition coefficient (Wildman–Crippen LogP) is 3.91. The monoisotopic (exact) mass is 287 g/mol. The summed E-state index contributed by atoms with van der Waals surface area (Å²) in [6, 6.07) is 8.56. The second-order valence-electron chi connectivity index (χ2n) is 3.79. The highest BCUT2D eigenvalue weighted by atomic mass is 79.9. The Balaban J connectivity index is 2.47. The zero-order chi connectivity index (χ0) is 11.3. The summed E-state index contributed by atoms with van der Waals surface area (Å²) < 4.78 is 1.16. The van der Waals surface area contributed by atoms with Gasteiger partial charge in [-0.3, -0.25) is 0 Å². The molecule has 1 aromatic rings. The summed E-state index contributed by atoms with van der Waals surface area (Å²) in [6.07, 6.45) is 1.15. The molecule has 0 aliphatic rings. The van der Waals surface area contributed by atoms with Crippen molar-refractivity contribution >= 4 is 27.7 Å². The number of hydrogen-bond acceptors (Lipinski definition) is 2. The lowest BCUT2D eigenvalue weighted by Gasteiger charge is -2.17.